The normalized spacial score (nSPS) is 12.0. The van der Waals surface area contributed by atoms with Crippen molar-refractivity contribution in [3.05, 3.63) is 58.1 Å². The van der Waals surface area contributed by atoms with Gasteiger partial charge in [0.1, 0.15) is 24.1 Å². The zero-order valence-corrected chi connectivity index (χ0v) is 15.2. The molecule has 0 aromatic heterocycles. The Morgan fingerprint density at radius 1 is 1.15 bits per heavy atom. The number of carboxylic acids is 1. The van der Waals surface area contributed by atoms with Crippen molar-refractivity contribution in [3.8, 4) is 11.5 Å². The Kier molecular flexibility index (Phi) is 6.74. The van der Waals surface area contributed by atoms with Gasteiger partial charge >= 0.3 is 5.97 Å². The van der Waals surface area contributed by atoms with Crippen molar-refractivity contribution in [1.82, 2.24) is 5.32 Å². The van der Waals surface area contributed by atoms with Crippen LogP contribution in [0.3, 0.4) is 0 Å². The lowest BCUT2D eigenvalue weighted by atomic mass is 10.1. The summed E-state index contributed by atoms with van der Waals surface area (Å²) < 4.78 is 0.751. The van der Waals surface area contributed by atoms with Crippen LogP contribution in [-0.2, 0) is 16.0 Å². The van der Waals surface area contributed by atoms with Gasteiger partial charge in [-0.1, -0.05) is 28.1 Å². The number of aliphatic carboxylic acids is 1. The molecule has 1 atom stereocenters. The zero-order valence-electron chi connectivity index (χ0n) is 13.6. The predicted molar refractivity (Wildman–Crippen MR) is 99.6 cm³/mol. The number of hydrogen-bond donors (Lipinski definition) is 4. The van der Waals surface area contributed by atoms with Crippen LogP contribution >= 0.6 is 15.9 Å². The molecule has 7 nitrogen and oxygen atoms in total. The molecule has 0 radical (unpaired) electrons. The molecule has 136 valence electrons. The highest BCUT2D eigenvalue weighted by atomic mass is 79.9. The Labute approximate surface area is 158 Å². The molecule has 0 unspecified atom stereocenters. The number of phenolic OH excluding ortho intramolecular Hbond substituents is 2. The lowest BCUT2D eigenvalue weighted by molar-refractivity contribution is -0.141. The van der Waals surface area contributed by atoms with E-state index in [0.717, 1.165) is 4.47 Å². The third-order valence-electron chi connectivity index (χ3n) is 3.46. The Balaban J connectivity index is 1.95. The fourth-order valence-corrected chi connectivity index (χ4v) is 2.54. The van der Waals surface area contributed by atoms with E-state index in [2.05, 4.69) is 26.2 Å². The van der Waals surface area contributed by atoms with E-state index in [1.54, 1.807) is 24.3 Å². The Hall–Kier alpha value is -2.87. The fourth-order valence-electron chi connectivity index (χ4n) is 2.16. The van der Waals surface area contributed by atoms with Crippen LogP contribution in [0.2, 0.25) is 0 Å². The molecule has 1 amide bonds. The summed E-state index contributed by atoms with van der Waals surface area (Å²) in [4.78, 5) is 27.2. The molecule has 0 saturated carbocycles. The minimum absolute atomic E-state index is 0.0214. The second kappa shape index (κ2) is 9.00. The van der Waals surface area contributed by atoms with Crippen LogP contribution in [0, 0.1) is 0 Å². The van der Waals surface area contributed by atoms with Crippen molar-refractivity contribution in [2.45, 2.75) is 12.5 Å². The summed E-state index contributed by atoms with van der Waals surface area (Å²) in [5.74, 6) is -1.62. The van der Waals surface area contributed by atoms with Crippen LogP contribution in [0.1, 0.15) is 11.1 Å². The van der Waals surface area contributed by atoms with E-state index in [4.69, 9.17) is 0 Å². The Morgan fingerprint density at radius 2 is 1.85 bits per heavy atom. The van der Waals surface area contributed by atoms with Gasteiger partial charge in [-0.05, 0) is 35.9 Å². The highest BCUT2D eigenvalue weighted by Crippen LogP contribution is 2.20. The maximum absolute atomic E-state index is 11.9. The standard InChI is InChI=1S/C18H17BrN2O5/c19-13-3-6-16(23)12(8-13)9-20-10-17(24)21-15(18(25)26)7-11-1-4-14(22)5-2-11/h1-6,8-9,15,22-23H,7,10H2,(H,21,24)(H,25,26)/t15-/m0/s1. The summed E-state index contributed by atoms with van der Waals surface area (Å²) in [6.07, 6.45) is 1.42. The molecule has 0 bridgehead atoms. The van der Waals surface area contributed by atoms with Gasteiger partial charge < -0.3 is 20.6 Å². The van der Waals surface area contributed by atoms with Gasteiger partial charge in [0.05, 0.1) is 0 Å². The minimum atomic E-state index is -1.17. The maximum Gasteiger partial charge on any atom is 0.326 e. The molecule has 26 heavy (non-hydrogen) atoms. The van der Waals surface area contributed by atoms with Gasteiger partial charge in [-0.25, -0.2) is 4.79 Å². The summed E-state index contributed by atoms with van der Waals surface area (Å²) >= 11 is 3.27. The average molecular weight is 421 g/mol. The number of carbonyl (C=O) groups is 2. The van der Waals surface area contributed by atoms with Crippen LogP contribution in [0.25, 0.3) is 0 Å². The van der Waals surface area contributed by atoms with Crippen LogP contribution in [0.4, 0.5) is 0 Å². The summed E-state index contributed by atoms with van der Waals surface area (Å²) in [7, 11) is 0. The average Bonchev–Trinajstić information content (AvgIpc) is 2.59. The quantitative estimate of drug-likeness (QED) is 0.511. The minimum Gasteiger partial charge on any atom is -0.508 e. The first-order valence-corrected chi connectivity index (χ1v) is 8.43. The first kappa shape index (κ1) is 19.5. The molecule has 0 aliphatic rings. The summed E-state index contributed by atoms with van der Waals surface area (Å²) in [6.45, 7) is -0.273. The Bertz CT molecular complexity index is 821. The number of rotatable bonds is 7. The van der Waals surface area contributed by atoms with Crippen molar-refractivity contribution in [2.75, 3.05) is 6.54 Å². The maximum atomic E-state index is 11.9. The number of benzene rings is 2. The fraction of sp³-hybridized carbons (Fsp3) is 0.167. The molecule has 0 spiro atoms. The molecule has 2 aromatic carbocycles. The largest absolute Gasteiger partial charge is 0.508 e. The van der Waals surface area contributed by atoms with Crippen molar-refractivity contribution in [2.24, 2.45) is 4.99 Å². The van der Waals surface area contributed by atoms with Gasteiger partial charge in [-0.15, -0.1) is 0 Å². The van der Waals surface area contributed by atoms with Crippen LogP contribution in [0.5, 0.6) is 11.5 Å². The van der Waals surface area contributed by atoms with Gasteiger partial charge in [0.15, 0.2) is 0 Å². The van der Waals surface area contributed by atoms with Crippen molar-refractivity contribution < 1.29 is 24.9 Å². The lowest BCUT2D eigenvalue weighted by Crippen LogP contribution is -2.43. The number of nitrogens with zero attached hydrogens (tertiary/aromatic N) is 1. The van der Waals surface area contributed by atoms with Gasteiger partial charge in [0.2, 0.25) is 5.91 Å². The van der Waals surface area contributed by atoms with E-state index < -0.39 is 17.9 Å². The second-order valence-corrected chi connectivity index (χ2v) is 6.42. The number of hydrogen-bond acceptors (Lipinski definition) is 5. The second-order valence-electron chi connectivity index (χ2n) is 5.50. The zero-order chi connectivity index (χ0) is 19.1. The summed E-state index contributed by atoms with van der Waals surface area (Å²) in [6, 6.07) is 9.76. The first-order chi connectivity index (χ1) is 12.3. The topological polar surface area (TPSA) is 119 Å². The molecule has 0 heterocycles. The molecule has 0 fully saturated rings. The van der Waals surface area contributed by atoms with Gasteiger partial charge in [0, 0.05) is 22.7 Å². The molecular formula is C18H17BrN2O5. The highest BCUT2D eigenvalue weighted by Gasteiger charge is 2.20. The number of carboxylic acid groups (broad SMARTS) is 1. The van der Waals surface area contributed by atoms with E-state index >= 15 is 0 Å². The molecule has 2 aromatic rings. The monoisotopic (exact) mass is 420 g/mol. The molecule has 0 aliphatic heterocycles. The summed E-state index contributed by atoms with van der Waals surface area (Å²) in [5.41, 5.74) is 1.10. The third-order valence-corrected chi connectivity index (χ3v) is 3.96. The van der Waals surface area contributed by atoms with Crippen molar-refractivity contribution in [1.29, 1.82) is 0 Å². The molecule has 0 saturated heterocycles. The highest BCUT2D eigenvalue weighted by molar-refractivity contribution is 9.10. The van der Waals surface area contributed by atoms with E-state index in [1.165, 1.54) is 24.4 Å². The third kappa shape index (κ3) is 5.89. The van der Waals surface area contributed by atoms with Gasteiger partial charge in [-0.3, -0.25) is 9.79 Å². The van der Waals surface area contributed by atoms with Crippen molar-refractivity contribution in [3.63, 3.8) is 0 Å². The predicted octanol–water partition coefficient (Wildman–Crippen LogP) is 2.09. The molecular weight excluding hydrogens is 404 g/mol. The molecule has 0 aliphatic carbocycles. The number of amides is 1. The summed E-state index contributed by atoms with van der Waals surface area (Å²) in [5, 5.41) is 30.6. The number of carbonyl (C=O) groups excluding carboxylic acids is 1. The van der Waals surface area contributed by atoms with Crippen LogP contribution < -0.4 is 5.32 Å². The first-order valence-electron chi connectivity index (χ1n) is 7.63. The number of nitrogens with one attached hydrogen (secondary N) is 1. The smallest absolute Gasteiger partial charge is 0.326 e. The van der Waals surface area contributed by atoms with E-state index in [0.29, 0.717) is 11.1 Å². The van der Waals surface area contributed by atoms with Crippen LogP contribution in [0.15, 0.2) is 51.9 Å². The SMILES string of the molecule is O=C(CN=Cc1cc(Br)ccc1O)N[C@@H](Cc1ccc(O)cc1)C(=O)O. The van der Waals surface area contributed by atoms with Crippen molar-refractivity contribution >= 4 is 34.0 Å². The van der Waals surface area contributed by atoms with E-state index in [1.807, 2.05) is 0 Å². The number of halogens is 1. The number of phenols is 2. The Morgan fingerprint density at radius 3 is 2.50 bits per heavy atom. The number of aliphatic imine (C=N–C) groups is 1. The molecule has 2 rings (SSSR count). The number of aromatic hydroxyl groups is 2. The van der Waals surface area contributed by atoms with Gasteiger partial charge in [-0.2, -0.15) is 0 Å². The van der Waals surface area contributed by atoms with Crippen LogP contribution in [-0.4, -0.2) is 46.0 Å². The van der Waals surface area contributed by atoms with E-state index in [-0.39, 0.29) is 24.5 Å². The molecule has 8 heteroatoms. The van der Waals surface area contributed by atoms with E-state index in [9.17, 15) is 24.9 Å². The lowest BCUT2D eigenvalue weighted by Gasteiger charge is -2.14. The molecule has 4 N–H and O–H groups in total. The van der Waals surface area contributed by atoms with Gasteiger partial charge in [0.25, 0.3) is 0 Å².